The van der Waals surface area contributed by atoms with E-state index >= 15 is 0 Å². The van der Waals surface area contributed by atoms with E-state index in [4.69, 9.17) is 4.42 Å². The Morgan fingerprint density at radius 3 is 3.00 bits per heavy atom. The van der Waals surface area contributed by atoms with Gasteiger partial charge in [-0.1, -0.05) is 12.1 Å². The molecule has 1 saturated heterocycles. The molecule has 4 rings (SSSR count). The Morgan fingerprint density at radius 1 is 1.36 bits per heavy atom. The SMILES string of the molecule is C[C@@H](C(=O)N1CCC[C@H]1Cn1cccn1)n1c(=O)oc2ccccc21. The first-order chi connectivity index (χ1) is 12.1. The third-order valence-corrected chi connectivity index (χ3v) is 4.88. The Hall–Kier alpha value is -2.83. The van der Waals surface area contributed by atoms with Crippen LogP contribution in [0.15, 0.2) is 51.9 Å². The summed E-state index contributed by atoms with van der Waals surface area (Å²) < 4.78 is 8.56. The molecule has 7 nitrogen and oxygen atoms in total. The smallest absolute Gasteiger partial charge is 0.408 e. The van der Waals surface area contributed by atoms with Gasteiger partial charge in [-0.3, -0.25) is 14.0 Å². The molecule has 0 unspecified atom stereocenters. The monoisotopic (exact) mass is 340 g/mol. The van der Waals surface area contributed by atoms with Gasteiger partial charge in [-0.05, 0) is 38.0 Å². The van der Waals surface area contributed by atoms with Gasteiger partial charge in [0.2, 0.25) is 5.91 Å². The number of likely N-dealkylation sites (tertiary alicyclic amines) is 1. The van der Waals surface area contributed by atoms with Crippen molar-refractivity contribution in [2.24, 2.45) is 0 Å². The lowest BCUT2D eigenvalue weighted by Gasteiger charge is -2.27. The number of oxazole rings is 1. The van der Waals surface area contributed by atoms with Crippen LogP contribution in [0.1, 0.15) is 25.8 Å². The normalized spacial score (nSPS) is 18.8. The summed E-state index contributed by atoms with van der Waals surface area (Å²) >= 11 is 0. The molecular formula is C18H20N4O3. The summed E-state index contributed by atoms with van der Waals surface area (Å²) in [7, 11) is 0. The van der Waals surface area contributed by atoms with Crippen molar-refractivity contribution in [3.8, 4) is 0 Å². The first-order valence-electron chi connectivity index (χ1n) is 8.53. The average molecular weight is 340 g/mol. The predicted molar refractivity (Wildman–Crippen MR) is 92.1 cm³/mol. The highest BCUT2D eigenvalue weighted by Gasteiger charge is 2.33. The Balaban J connectivity index is 1.61. The highest BCUT2D eigenvalue weighted by Crippen LogP contribution is 2.24. The molecule has 0 N–H and O–H groups in total. The van der Waals surface area contributed by atoms with Gasteiger partial charge in [-0.15, -0.1) is 0 Å². The summed E-state index contributed by atoms with van der Waals surface area (Å²) in [5.74, 6) is -0.548. The van der Waals surface area contributed by atoms with E-state index < -0.39 is 11.8 Å². The van der Waals surface area contributed by atoms with Gasteiger partial charge in [0, 0.05) is 18.9 Å². The molecule has 0 bridgehead atoms. The third-order valence-electron chi connectivity index (χ3n) is 4.88. The van der Waals surface area contributed by atoms with E-state index in [9.17, 15) is 9.59 Å². The van der Waals surface area contributed by atoms with Crippen LogP contribution in [0.4, 0.5) is 0 Å². The molecule has 130 valence electrons. The molecule has 0 spiro atoms. The number of benzene rings is 1. The minimum absolute atomic E-state index is 0.0525. The molecular weight excluding hydrogens is 320 g/mol. The zero-order valence-electron chi connectivity index (χ0n) is 14.0. The Bertz CT molecular complexity index is 941. The van der Waals surface area contributed by atoms with Crippen LogP contribution in [-0.2, 0) is 11.3 Å². The van der Waals surface area contributed by atoms with Crippen molar-refractivity contribution in [1.29, 1.82) is 0 Å². The fraction of sp³-hybridized carbons (Fsp3) is 0.389. The van der Waals surface area contributed by atoms with E-state index in [1.807, 2.05) is 34.0 Å². The zero-order chi connectivity index (χ0) is 17.4. The van der Waals surface area contributed by atoms with Gasteiger partial charge in [0.05, 0.1) is 18.1 Å². The van der Waals surface area contributed by atoms with Crippen LogP contribution < -0.4 is 5.76 Å². The first kappa shape index (κ1) is 15.7. The van der Waals surface area contributed by atoms with Gasteiger partial charge in [0.1, 0.15) is 6.04 Å². The van der Waals surface area contributed by atoms with E-state index in [0.29, 0.717) is 24.2 Å². The van der Waals surface area contributed by atoms with Gasteiger partial charge in [-0.25, -0.2) is 4.79 Å². The molecule has 0 radical (unpaired) electrons. The van der Waals surface area contributed by atoms with Crippen molar-refractivity contribution < 1.29 is 9.21 Å². The number of rotatable bonds is 4. The molecule has 1 aliphatic rings. The first-order valence-corrected chi connectivity index (χ1v) is 8.53. The third kappa shape index (κ3) is 2.75. The lowest BCUT2D eigenvalue weighted by molar-refractivity contribution is -0.135. The Morgan fingerprint density at radius 2 is 2.20 bits per heavy atom. The molecule has 2 atom stereocenters. The van der Waals surface area contributed by atoms with Crippen molar-refractivity contribution in [2.75, 3.05) is 6.54 Å². The Kier molecular flexibility index (Phi) is 3.91. The highest BCUT2D eigenvalue weighted by molar-refractivity contribution is 5.83. The summed E-state index contributed by atoms with van der Waals surface area (Å²) in [5.41, 5.74) is 1.15. The maximum atomic E-state index is 13.1. The molecule has 1 aliphatic heterocycles. The average Bonchev–Trinajstić information content (AvgIpc) is 3.33. The number of para-hydroxylation sites is 2. The van der Waals surface area contributed by atoms with Crippen LogP contribution in [0.2, 0.25) is 0 Å². The summed E-state index contributed by atoms with van der Waals surface area (Å²) in [4.78, 5) is 27.2. The van der Waals surface area contributed by atoms with Crippen LogP contribution in [0.25, 0.3) is 11.1 Å². The number of nitrogens with zero attached hydrogens (tertiary/aromatic N) is 4. The van der Waals surface area contributed by atoms with E-state index in [-0.39, 0.29) is 11.9 Å². The van der Waals surface area contributed by atoms with Gasteiger partial charge < -0.3 is 9.32 Å². The summed E-state index contributed by atoms with van der Waals surface area (Å²) in [5, 5.41) is 4.23. The number of hydrogen-bond donors (Lipinski definition) is 0. The van der Waals surface area contributed by atoms with Crippen LogP contribution in [0.3, 0.4) is 0 Å². The van der Waals surface area contributed by atoms with E-state index in [2.05, 4.69) is 5.10 Å². The summed E-state index contributed by atoms with van der Waals surface area (Å²) in [6.45, 7) is 3.14. The molecule has 0 saturated carbocycles. The van der Waals surface area contributed by atoms with Gasteiger partial charge in [-0.2, -0.15) is 5.10 Å². The molecule has 3 heterocycles. The lowest BCUT2D eigenvalue weighted by Crippen LogP contribution is -2.42. The number of amides is 1. The zero-order valence-corrected chi connectivity index (χ0v) is 14.0. The maximum absolute atomic E-state index is 13.1. The molecule has 1 aromatic carbocycles. The quantitative estimate of drug-likeness (QED) is 0.728. The van der Waals surface area contributed by atoms with Crippen LogP contribution >= 0.6 is 0 Å². The minimum Gasteiger partial charge on any atom is -0.408 e. The van der Waals surface area contributed by atoms with Crippen molar-refractivity contribution in [3.05, 3.63) is 53.3 Å². The minimum atomic E-state index is -0.602. The van der Waals surface area contributed by atoms with Crippen LogP contribution in [0, 0.1) is 0 Å². The molecule has 7 heteroatoms. The van der Waals surface area contributed by atoms with Gasteiger partial charge in [0.25, 0.3) is 0 Å². The number of hydrogen-bond acceptors (Lipinski definition) is 4. The van der Waals surface area contributed by atoms with Crippen molar-refractivity contribution in [2.45, 2.75) is 38.4 Å². The number of carbonyl (C=O) groups excluding carboxylic acids is 1. The van der Waals surface area contributed by atoms with E-state index in [0.717, 1.165) is 12.8 Å². The largest absolute Gasteiger partial charge is 0.420 e. The fourth-order valence-electron chi connectivity index (χ4n) is 3.64. The van der Waals surface area contributed by atoms with Gasteiger partial charge >= 0.3 is 5.76 Å². The number of carbonyl (C=O) groups is 1. The predicted octanol–water partition coefficient (Wildman–Crippen LogP) is 2.04. The second-order valence-electron chi connectivity index (χ2n) is 6.44. The fourth-order valence-corrected chi connectivity index (χ4v) is 3.64. The molecule has 1 amide bonds. The molecule has 3 aromatic rings. The molecule has 25 heavy (non-hydrogen) atoms. The topological polar surface area (TPSA) is 73.3 Å². The van der Waals surface area contributed by atoms with Crippen LogP contribution in [-0.4, -0.2) is 37.7 Å². The summed E-state index contributed by atoms with van der Waals surface area (Å²) in [6.07, 6.45) is 5.55. The number of fused-ring (bicyclic) bond motifs is 1. The highest BCUT2D eigenvalue weighted by atomic mass is 16.4. The van der Waals surface area contributed by atoms with Crippen molar-refractivity contribution in [1.82, 2.24) is 19.2 Å². The van der Waals surface area contributed by atoms with Crippen molar-refractivity contribution in [3.63, 3.8) is 0 Å². The van der Waals surface area contributed by atoms with Crippen LogP contribution in [0.5, 0.6) is 0 Å². The second kappa shape index (κ2) is 6.23. The standard InChI is InChI=1S/C18H20N4O3/c1-13(22-15-7-2-3-8-16(15)25-18(22)24)17(23)21-11-4-6-14(21)12-20-10-5-9-19-20/h2-3,5,7-10,13-14H,4,6,11-12H2,1H3/t13-,14-/m0/s1. The van der Waals surface area contributed by atoms with Crippen molar-refractivity contribution >= 4 is 17.0 Å². The van der Waals surface area contributed by atoms with E-state index in [1.165, 1.54) is 4.57 Å². The maximum Gasteiger partial charge on any atom is 0.420 e. The second-order valence-corrected chi connectivity index (χ2v) is 6.44. The molecule has 1 fully saturated rings. The molecule has 2 aromatic heterocycles. The number of aromatic nitrogens is 3. The molecule has 0 aliphatic carbocycles. The van der Waals surface area contributed by atoms with Gasteiger partial charge in [0.15, 0.2) is 5.58 Å². The summed E-state index contributed by atoms with van der Waals surface area (Å²) in [6, 6.07) is 8.55. The Labute approximate surface area is 144 Å². The lowest BCUT2D eigenvalue weighted by atomic mass is 10.2. The van der Waals surface area contributed by atoms with E-state index in [1.54, 1.807) is 25.3 Å².